The predicted octanol–water partition coefficient (Wildman–Crippen LogP) is 2.43. The molecular weight excluding hydrogens is 306 g/mol. The van der Waals surface area contributed by atoms with Crippen LogP contribution in [0.25, 0.3) is 0 Å². The molecule has 5 nitrogen and oxygen atoms in total. The molecule has 1 N–H and O–H groups in total. The Morgan fingerprint density at radius 1 is 1.53 bits per heavy atom. The maximum absolute atomic E-state index is 11.1. The van der Waals surface area contributed by atoms with Gasteiger partial charge in [-0.1, -0.05) is 15.9 Å². The van der Waals surface area contributed by atoms with E-state index in [4.69, 9.17) is 5.11 Å². The summed E-state index contributed by atoms with van der Waals surface area (Å²) >= 11 is 4.59. The molecular formula is C10H8BrN3O2S. The molecule has 1 heterocycles. The van der Waals surface area contributed by atoms with Gasteiger partial charge in [-0.2, -0.15) is 5.10 Å². The van der Waals surface area contributed by atoms with Gasteiger partial charge in [0, 0.05) is 16.4 Å². The maximum Gasteiger partial charge on any atom is 0.336 e. The van der Waals surface area contributed by atoms with E-state index in [0.29, 0.717) is 10.1 Å². The molecule has 88 valence electrons. The van der Waals surface area contributed by atoms with Crippen molar-refractivity contribution in [3.05, 3.63) is 34.6 Å². The van der Waals surface area contributed by atoms with Crippen molar-refractivity contribution in [1.82, 2.24) is 14.8 Å². The maximum atomic E-state index is 11.1. The van der Waals surface area contributed by atoms with Gasteiger partial charge in [0.1, 0.15) is 6.33 Å². The topological polar surface area (TPSA) is 68.0 Å². The van der Waals surface area contributed by atoms with E-state index in [0.717, 1.165) is 4.47 Å². The minimum atomic E-state index is -0.956. The van der Waals surface area contributed by atoms with E-state index in [-0.39, 0.29) is 5.56 Å². The monoisotopic (exact) mass is 313 g/mol. The van der Waals surface area contributed by atoms with Crippen molar-refractivity contribution < 1.29 is 9.90 Å². The molecule has 0 fully saturated rings. The Bertz CT molecular complexity index is 570. The zero-order chi connectivity index (χ0) is 12.4. The molecule has 0 bridgehead atoms. The van der Waals surface area contributed by atoms with Gasteiger partial charge in [-0.05, 0) is 30.0 Å². The van der Waals surface area contributed by atoms with Crippen LogP contribution in [0.1, 0.15) is 10.4 Å². The molecule has 0 saturated carbocycles. The number of halogens is 1. The number of carboxylic acids is 1. The van der Waals surface area contributed by atoms with Crippen molar-refractivity contribution in [2.45, 2.75) is 10.1 Å². The van der Waals surface area contributed by atoms with Gasteiger partial charge in [-0.25, -0.2) is 14.5 Å². The molecule has 17 heavy (non-hydrogen) atoms. The SMILES string of the molecule is Cn1ncnc1Sc1cc(Br)ccc1C(=O)O. The van der Waals surface area contributed by atoms with Crippen molar-refractivity contribution in [3.8, 4) is 0 Å². The largest absolute Gasteiger partial charge is 0.478 e. The summed E-state index contributed by atoms with van der Waals surface area (Å²) in [6.45, 7) is 0. The molecule has 2 rings (SSSR count). The van der Waals surface area contributed by atoms with E-state index in [1.807, 2.05) is 0 Å². The molecule has 0 unspecified atom stereocenters. The van der Waals surface area contributed by atoms with Crippen LogP contribution >= 0.6 is 27.7 Å². The van der Waals surface area contributed by atoms with Crippen LogP contribution in [0.2, 0.25) is 0 Å². The Morgan fingerprint density at radius 3 is 2.88 bits per heavy atom. The van der Waals surface area contributed by atoms with Crippen LogP contribution in [0.15, 0.2) is 39.1 Å². The lowest BCUT2D eigenvalue weighted by Gasteiger charge is -2.05. The highest BCUT2D eigenvalue weighted by atomic mass is 79.9. The second-order valence-electron chi connectivity index (χ2n) is 3.21. The molecule has 0 saturated heterocycles. The fraction of sp³-hybridized carbons (Fsp3) is 0.100. The summed E-state index contributed by atoms with van der Waals surface area (Å²) in [5, 5.41) is 13.7. The van der Waals surface area contributed by atoms with Crippen molar-refractivity contribution in [2.24, 2.45) is 7.05 Å². The first-order chi connectivity index (χ1) is 8.08. The number of aromatic carboxylic acids is 1. The van der Waals surface area contributed by atoms with Crippen LogP contribution in [-0.2, 0) is 7.05 Å². The third kappa shape index (κ3) is 2.67. The molecule has 0 amide bonds. The fourth-order valence-corrected chi connectivity index (χ4v) is 2.67. The second-order valence-corrected chi connectivity index (χ2v) is 5.14. The molecule has 1 aromatic heterocycles. The highest BCUT2D eigenvalue weighted by molar-refractivity contribution is 9.10. The number of nitrogens with zero attached hydrogens (tertiary/aromatic N) is 3. The van der Waals surface area contributed by atoms with Crippen LogP contribution in [0.4, 0.5) is 0 Å². The standard InChI is InChI=1S/C10H8BrN3O2S/c1-14-10(12-5-13-14)17-8-4-6(11)2-3-7(8)9(15)16/h2-5H,1H3,(H,15,16). The van der Waals surface area contributed by atoms with Gasteiger partial charge in [-0.15, -0.1) is 0 Å². The third-order valence-corrected chi connectivity index (χ3v) is 3.65. The first-order valence-corrected chi connectivity index (χ1v) is 6.23. The predicted molar refractivity (Wildman–Crippen MR) is 66.2 cm³/mol. The molecule has 0 radical (unpaired) electrons. The number of rotatable bonds is 3. The zero-order valence-electron chi connectivity index (χ0n) is 8.79. The highest BCUT2D eigenvalue weighted by Crippen LogP contribution is 2.31. The Morgan fingerprint density at radius 2 is 2.29 bits per heavy atom. The average Bonchev–Trinajstić information content (AvgIpc) is 2.64. The smallest absolute Gasteiger partial charge is 0.336 e. The van der Waals surface area contributed by atoms with Crippen molar-refractivity contribution in [3.63, 3.8) is 0 Å². The van der Waals surface area contributed by atoms with Crippen LogP contribution in [0, 0.1) is 0 Å². The molecule has 0 aliphatic carbocycles. The number of benzene rings is 1. The van der Waals surface area contributed by atoms with Gasteiger partial charge in [0.2, 0.25) is 0 Å². The summed E-state index contributed by atoms with van der Waals surface area (Å²) in [7, 11) is 1.76. The number of aromatic nitrogens is 3. The summed E-state index contributed by atoms with van der Waals surface area (Å²) < 4.78 is 2.42. The number of hydrogen-bond donors (Lipinski definition) is 1. The van der Waals surface area contributed by atoms with Crippen molar-refractivity contribution in [2.75, 3.05) is 0 Å². The molecule has 0 aliphatic heterocycles. The lowest BCUT2D eigenvalue weighted by atomic mass is 10.2. The number of carbonyl (C=O) groups is 1. The van der Waals surface area contributed by atoms with Gasteiger partial charge >= 0.3 is 5.97 Å². The van der Waals surface area contributed by atoms with Crippen molar-refractivity contribution in [1.29, 1.82) is 0 Å². The van der Waals surface area contributed by atoms with E-state index < -0.39 is 5.97 Å². The lowest BCUT2D eigenvalue weighted by Crippen LogP contribution is -2.00. The van der Waals surface area contributed by atoms with E-state index in [1.165, 1.54) is 18.1 Å². The Balaban J connectivity index is 2.41. The zero-order valence-corrected chi connectivity index (χ0v) is 11.2. The quantitative estimate of drug-likeness (QED) is 0.942. The summed E-state index contributed by atoms with van der Waals surface area (Å²) in [6.07, 6.45) is 1.43. The van der Waals surface area contributed by atoms with Gasteiger partial charge in [0.15, 0.2) is 5.16 Å². The Kier molecular flexibility index (Phi) is 3.49. The summed E-state index contributed by atoms with van der Waals surface area (Å²) in [4.78, 5) is 15.8. The van der Waals surface area contributed by atoms with Crippen molar-refractivity contribution >= 4 is 33.7 Å². The van der Waals surface area contributed by atoms with Crippen LogP contribution in [0.3, 0.4) is 0 Å². The van der Waals surface area contributed by atoms with Gasteiger partial charge < -0.3 is 5.11 Å². The Labute approximate surface area is 110 Å². The molecule has 1 aromatic carbocycles. The van der Waals surface area contributed by atoms with Gasteiger partial charge in [-0.3, -0.25) is 0 Å². The highest BCUT2D eigenvalue weighted by Gasteiger charge is 2.13. The molecule has 2 aromatic rings. The molecule has 0 aliphatic rings. The summed E-state index contributed by atoms with van der Waals surface area (Å²) in [5.41, 5.74) is 0.251. The van der Waals surface area contributed by atoms with Gasteiger partial charge in [0.25, 0.3) is 0 Å². The molecule has 7 heteroatoms. The summed E-state index contributed by atoms with van der Waals surface area (Å²) in [5.74, 6) is -0.956. The Hall–Kier alpha value is -1.34. The minimum absolute atomic E-state index is 0.251. The van der Waals surface area contributed by atoms with E-state index >= 15 is 0 Å². The third-order valence-electron chi connectivity index (χ3n) is 2.05. The van der Waals surface area contributed by atoms with Crippen LogP contribution < -0.4 is 0 Å². The van der Waals surface area contributed by atoms with Crippen LogP contribution in [-0.4, -0.2) is 25.8 Å². The van der Waals surface area contributed by atoms with Gasteiger partial charge in [0.05, 0.1) is 5.56 Å². The van der Waals surface area contributed by atoms with E-state index in [9.17, 15) is 4.79 Å². The van der Waals surface area contributed by atoms with E-state index in [1.54, 1.807) is 29.9 Å². The fourth-order valence-electron chi connectivity index (χ4n) is 1.23. The lowest BCUT2D eigenvalue weighted by molar-refractivity contribution is 0.0693. The molecule has 0 spiro atoms. The second kappa shape index (κ2) is 4.89. The average molecular weight is 314 g/mol. The first-order valence-electron chi connectivity index (χ1n) is 4.62. The van der Waals surface area contributed by atoms with E-state index in [2.05, 4.69) is 26.0 Å². The first kappa shape index (κ1) is 12.1. The van der Waals surface area contributed by atoms with Crippen LogP contribution in [0.5, 0.6) is 0 Å². The normalized spacial score (nSPS) is 10.5. The molecule has 0 atom stereocenters. The summed E-state index contributed by atoms with van der Waals surface area (Å²) in [6, 6.07) is 5.01. The number of carboxylic acid groups (broad SMARTS) is 1. The minimum Gasteiger partial charge on any atom is -0.478 e. The number of hydrogen-bond acceptors (Lipinski definition) is 4. The number of aryl methyl sites for hydroxylation is 1.